The zero-order valence-corrected chi connectivity index (χ0v) is 13.7. The molecule has 2 aliphatic rings. The summed E-state index contributed by atoms with van der Waals surface area (Å²) < 4.78 is 33.3. The van der Waals surface area contributed by atoms with Crippen molar-refractivity contribution >= 4 is 0 Å². The van der Waals surface area contributed by atoms with Crippen molar-refractivity contribution in [1.82, 2.24) is 0 Å². The number of aliphatic hydroxyl groups is 1. The Morgan fingerprint density at radius 3 is 2.22 bits per heavy atom. The SMILES string of the molecule is CCOc1ccc(C(O)C2CCC(CC3CC3)CC2)c(F)c1F. The first-order valence-corrected chi connectivity index (χ1v) is 8.88. The lowest BCUT2D eigenvalue weighted by Crippen LogP contribution is -2.22. The van der Waals surface area contributed by atoms with Crippen LogP contribution in [0.5, 0.6) is 5.75 Å². The molecule has 2 nitrogen and oxygen atoms in total. The Morgan fingerprint density at radius 1 is 1.04 bits per heavy atom. The first kappa shape index (κ1) is 16.7. The van der Waals surface area contributed by atoms with Crippen LogP contribution < -0.4 is 4.74 Å². The van der Waals surface area contributed by atoms with E-state index < -0.39 is 17.7 Å². The van der Waals surface area contributed by atoms with E-state index in [4.69, 9.17) is 4.74 Å². The number of rotatable bonds is 6. The number of aliphatic hydroxyl groups excluding tert-OH is 1. The van der Waals surface area contributed by atoms with Crippen LogP contribution in [0.15, 0.2) is 12.1 Å². The van der Waals surface area contributed by atoms with Crippen molar-refractivity contribution in [1.29, 1.82) is 0 Å². The average Bonchev–Trinajstić information content (AvgIpc) is 3.36. The van der Waals surface area contributed by atoms with Gasteiger partial charge in [-0.3, -0.25) is 0 Å². The fraction of sp³-hybridized carbons (Fsp3) is 0.684. The molecular weight excluding hydrogens is 298 g/mol. The van der Waals surface area contributed by atoms with Crippen LogP contribution in [0.3, 0.4) is 0 Å². The molecule has 1 aromatic carbocycles. The third-order valence-corrected chi connectivity index (χ3v) is 5.40. The lowest BCUT2D eigenvalue weighted by atomic mass is 9.76. The van der Waals surface area contributed by atoms with E-state index in [9.17, 15) is 13.9 Å². The quantitative estimate of drug-likeness (QED) is 0.797. The Labute approximate surface area is 136 Å². The molecule has 1 unspecified atom stereocenters. The van der Waals surface area contributed by atoms with Crippen LogP contribution in [0.1, 0.15) is 63.5 Å². The van der Waals surface area contributed by atoms with Crippen molar-refractivity contribution in [3.8, 4) is 5.75 Å². The van der Waals surface area contributed by atoms with Crippen LogP contribution in [-0.2, 0) is 0 Å². The van der Waals surface area contributed by atoms with Gasteiger partial charge in [-0.25, -0.2) is 4.39 Å². The minimum Gasteiger partial charge on any atom is -0.491 e. The predicted octanol–water partition coefficient (Wildman–Crippen LogP) is 5.00. The highest BCUT2D eigenvalue weighted by atomic mass is 19.2. The van der Waals surface area contributed by atoms with Crippen molar-refractivity contribution < 1.29 is 18.6 Å². The highest BCUT2D eigenvalue weighted by molar-refractivity contribution is 5.32. The summed E-state index contributed by atoms with van der Waals surface area (Å²) in [6, 6.07) is 2.88. The number of benzene rings is 1. The number of halogens is 2. The summed E-state index contributed by atoms with van der Waals surface area (Å²) in [6.07, 6.45) is 7.12. The van der Waals surface area contributed by atoms with Crippen molar-refractivity contribution in [2.24, 2.45) is 17.8 Å². The van der Waals surface area contributed by atoms with Crippen LogP contribution in [0.2, 0.25) is 0 Å². The molecule has 1 aromatic rings. The summed E-state index contributed by atoms with van der Waals surface area (Å²) in [7, 11) is 0. The number of hydrogen-bond donors (Lipinski definition) is 1. The maximum atomic E-state index is 14.2. The predicted molar refractivity (Wildman–Crippen MR) is 85.3 cm³/mol. The smallest absolute Gasteiger partial charge is 0.200 e. The monoisotopic (exact) mass is 324 g/mol. The Morgan fingerprint density at radius 2 is 1.65 bits per heavy atom. The standard InChI is InChI=1S/C19H26F2O2/c1-2-23-16-10-9-15(17(20)18(16)21)19(22)14-7-5-13(6-8-14)11-12-3-4-12/h9-10,12-14,19,22H,2-8,11H2,1H3. The van der Waals surface area contributed by atoms with E-state index in [0.717, 1.165) is 37.5 Å². The first-order chi connectivity index (χ1) is 11.1. The zero-order chi connectivity index (χ0) is 16.4. The molecule has 0 amide bonds. The van der Waals surface area contributed by atoms with Crippen LogP contribution in [0.25, 0.3) is 0 Å². The molecule has 0 aliphatic heterocycles. The van der Waals surface area contributed by atoms with E-state index in [-0.39, 0.29) is 23.8 Å². The lowest BCUT2D eigenvalue weighted by Gasteiger charge is -2.32. The molecule has 0 bridgehead atoms. The van der Waals surface area contributed by atoms with E-state index in [0.29, 0.717) is 0 Å². The van der Waals surface area contributed by atoms with Gasteiger partial charge in [-0.1, -0.05) is 25.7 Å². The van der Waals surface area contributed by atoms with Gasteiger partial charge in [0.25, 0.3) is 0 Å². The van der Waals surface area contributed by atoms with Gasteiger partial charge in [0.15, 0.2) is 11.6 Å². The second-order valence-electron chi connectivity index (χ2n) is 7.12. The molecule has 0 aromatic heterocycles. The molecule has 0 radical (unpaired) electrons. The van der Waals surface area contributed by atoms with Crippen LogP contribution in [0, 0.1) is 29.4 Å². The van der Waals surface area contributed by atoms with Crippen molar-refractivity contribution in [2.45, 2.75) is 58.0 Å². The third-order valence-electron chi connectivity index (χ3n) is 5.40. The van der Waals surface area contributed by atoms with E-state index >= 15 is 0 Å². The summed E-state index contributed by atoms with van der Waals surface area (Å²) in [4.78, 5) is 0. The lowest BCUT2D eigenvalue weighted by molar-refractivity contribution is 0.0680. The molecule has 128 valence electrons. The molecule has 0 heterocycles. The third kappa shape index (κ3) is 3.85. The Kier molecular flexibility index (Phi) is 5.20. The summed E-state index contributed by atoms with van der Waals surface area (Å²) in [5.41, 5.74) is 0.0663. The highest BCUT2D eigenvalue weighted by Crippen LogP contribution is 2.44. The van der Waals surface area contributed by atoms with Gasteiger partial charge in [-0.15, -0.1) is 0 Å². The first-order valence-electron chi connectivity index (χ1n) is 8.88. The van der Waals surface area contributed by atoms with Gasteiger partial charge < -0.3 is 9.84 Å². The highest BCUT2D eigenvalue weighted by Gasteiger charge is 2.32. The van der Waals surface area contributed by atoms with E-state index in [1.54, 1.807) is 6.92 Å². The van der Waals surface area contributed by atoms with Crippen molar-refractivity contribution in [3.05, 3.63) is 29.3 Å². The molecule has 0 saturated heterocycles. The summed E-state index contributed by atoms with van der Waals surface area (Å²) in [6.45, 7) is 2.00. The number of ether oxygens (including phenoxy) is 1. The van der Waals surface area contributed by atoms with Gasteiger partial charge in [0, 0.05) is 5.56 Å². The van der Waals surface area contributed by atoms with Crippen molar-refractivity contribution in [3.63, 3.8) is 0 Å². The molecule has 23 heavy (non-hydrogen) atoms. The average molecular weight is 324 g/mol. The number of hydrogen-bond acceptors (Lipinski definition) is 2. The van der Waals surface area contributed by atoms with Gasteiger partial charge in [-0.2, -0.15) is 4.39 Å². The second-order valence-corrected chi connectivity index (χ2v) is 7.12. The zero-order valence-electron chi connectivity index (χ0n) is 13.7. The second kappa shape index (κ2) is 7.16. The van der Waals surface area contributed by atoms with Crippen LogP contribution in [0.4, 0.5) is 8.78 Å². The topological polar surface area (TPSA) is 29.5 Å². The Balaban J connectivity index is 1.63. The minimum atomic E-state index is -0.995. The minimum absolute atomic E-state index is 0.0253. The molecule has 2 aliphatic carbocycles. The summed E-state index contributed by atoms with van der Waals surface area (Å²) in [5, 5.41) is 10.5. The molecular formula is C19H26F2O2. The molecule has 3 rings (SSSR count). The van der Waals surface area contributed by atoms with E-state index in [2.05, 4.69) is 0 Å². The largest absolute Gasteiger partial charge is 0.491 e. The maximum absolute atomic E-state index is 14.2. The normalized spacial score (nSPS) is 26.1. The van der Waals surface area contributed by atoms with E-state index in [1.807, 2.05) is 0 Å². The summed E-state index contributed by atoms with van der Waals surface area (Å²) >= 11 is 0. The molecule has 0 spiro atoms. The van der Waals surface area contributed by atoms with E-state index in [1.165, 1.54) is 31.4 Å². The van der Waals surface area contributed by atoms with Gasteiger partial charge in [-0.05, 0) is 56.1 Å². The van der Waals surface area contributed by atoms with Crippen LogP contribution >= 0.6 is 0 Å². The molecule has 1 atom stereocenters. The summed E-state index contributed by atoms with van der Waals surface area (Å²) in [5.74, 6) is -0.340. The fourth-order valence-corrected chi connectivity index (χ4v) is 3.86. The van der Waals surface area contributed by atoms with Gasteiger partial charge >= 0.3 is 0 Å². The van der Waals surface area contributed by atoms with Gasteiger partial charge in [0.1, 0.15) is 0 Å². The fourth-order valence-electron chi connectivity index (χ4n) is 3.86. The van der Waals surface area contributed by atoms with Crippen LogP contribution in [-0.4, -0.2) is 11.7 Å². The Bertz CT molecular complexity index is 534. The van der Waals surface area contributed by atoms with Crippen molar-refractivity contribution in [2.75, 3.05) is 6.61 Å². The molecule has 1 N–H and O–H groups in total. The molecule has 2 fully saturated rings. The Hall–Kier alpha value is -1.16. The maximum Gasteiger partial charge on any atom is 0.200 e. The molecule has 4 heteroatoms. The van der Waals surface area contributed by atoms with Gasteiger partial charge in [0.05, 0.1) is 12.7 Å². The molecule has 2 saturated carbocycles. The van der Waals surface area contributed by atoms with Gasteiger partial charge in [0.2, 0.25) is 5.82 Å².